The van der Waals surface area contributed by atoms with Crippen molar-refractivity contribution in [1.82, 2.24) is 5.43 Å². The maximum Gasteiger partial charge on any atom is 0.259 e. The summed E-state index contributed by atoms with van der Waals surface area (Å²) >= 11 is 3.39. The highest BCUT2D eigenvalue weighted by Crippen LogP contribution is 2.25. The average Bonchev–Trinajstić information content (AvgIpc) is 2.74. The first kappa shape index (κ1) is 22.2. The molecule has 0 radical (unpaired) electrons. The largest absolute Gasteiger partial charge is 0.507 e. The number of azo groups is 1. The van der Waals surface area contributed by atoms with E-state index in [1.807, 2.05) is 56.3 Å². The summed E-state index contributed by atoms with van der Waals surface area (Å²) in [7, 11) is 0. The minimum Gasteiger partial charge on any atom is -0.507 e. The van der Waals surface area contributed by atoms with Gasteiger partial charge in [-0.15, -0.1) is 0 Å². The maximum atomic E-state index is 12.1. The van der Waals surface area contributed by atoms with E-state index in [2.05, 4.69) is 42.0 Å². The molecule has 0 aliphatic heterocycles. The van der Waals surface area contributed by atoms with Gasteiger partial charge < -0.3 is 10.4 Å². The van der Waals surface area contributed by atoms with Crippen molar-refractivity contribution >= 4 is 45.1 Å². The van der Waals surface area contributed by atoms with E-state index in [0.717, 1.165) is 21.3 Å². The number of hydrazone groups is 1. The molecule has 0 fully saturated rings. The zero-order valence-corrected chi connectivity index (χ0v) is 18.7. The first-order chi connectivity index (χ1) is 14.9. The van der Waals surface area contributed by atoms with E-state index in [4.69, 9.17) is 0 Å². The number of aryl methyl sites for hydroxylation is 2. The molecule has 0 atom stereocenters. The number of hydrogen-bond donors (Lipinski definition) is 3. The topological polar surface area (TPSA) is 98.4 Å². The smallest absolute Gasteiger partial charge is 0.259 e. The first-order valence-corrected chi connectivity index (χ1v) is 10.3. The lowest BCUT2D eigenvalue weighted by molar-refractivity contribution is -0.119. The van der Waals surface area contributed by atoms with E-state index in [1.54, 1.807) is 12.1 Å². The molecule has 0 spiro atoms. The molecular weight excluding hydrogens is 458 g/mol. The van der Waals surface area contributed by atoms with Crippen molar-refractivity contribution < 1.29 is 9.90 Å². The molecule has 31 heavy (non-hydrogen) atoms. The second kappa shape index (κ2) is 10.5. The lowest BCUT2D eigenvalue weighted by Gasteiger charge is -2.11. The molecule has 7 nitrogen and oxygen atoms in total. The molecule has 0 unspecified atom stereocenters. The standard InChI is InChI=1S/C23H22BrN5O2/c1-15-5-3-6-16(2)23(15)25-14-22(31)29-26-13-17-11-20(9-10-21(17)30)28-27-19-8-4-7-18(24)12-19/h3-13,25,30H,14H2,1-2H3,(H,29,31)/b26-13+,28-27?. The zero-order valence-electron chi connectivity index (χ0n) is 17.1. The Bertz CT molecular complexity index is 1120. The predicted octanol–water partition coefficient (Wildman–Crippen LogP) is 5.75. The third kappa shape index (κ3) is 6.48. The fraction of sp³-hybridized carbons (Fsp3) is 0.130. The second-order valence-corrected chi connectivity index (χ2v) is 7.75. The Morgan fingerprint density at radius 2 is 1.68 bits per heavy atom. The number of benzene rings is 3. The van der Waals surface area contributed by atoms with Crippen LogP contribution in [0.15, 0.2) is 80.5 Å². The molecule has 3 aromatic carbocycles. The van der Waals surface area contributed by atoms with E-state index in [1.165, 1.54) is 12.3 Å². The summed E-state index contributed by atoms with van der Waals surface area (Å²) in [4.78, 5) is 12.1. The van der Waals surface area contributed by atoms with Crippen LogP contribution < -0.4 is 10.7 Å². The molecule has 0 heterocycles. The van der Waals surface area contributed by atoms with Crippen LogP contribution in [0.2, 0.25) is 0 Å². The van der Waals surface area contributed by atoms with Gasteiger partial charge in [0.25, 0.3) is 5.91 Å². The molecule has 0 aliphatic rings. The van der Waals surface area contributed by atoms with Gasteiger partial charge in [-0.1, -0.05) is 40.2 Å². The van der Waals surface area contributed by atoms with Crippen LogP contribution in [0.1, 0.15) is 16.7 Å². The minimum atomic E-state index is -0.302. The Balaban J connectivity index is 1.60. The number of para-hydroxylation sites is 1. The van der Waals surface area contributed by atoms with E-state index in [-0.39, 0.29) is 18.2 Å². The van der Waals surface area contributed by atoms with Gasteiger partial charge in [-0.25, -0.2) is 5.43 Å². The number of nitrogens with zero attached hydrogens (tertiary/aromatic N) is 3. The fourth-order valence-corrected chi connectivity index (χ4v) is 3.22. The van der Waals surface area contributed by atoms with Crippen molar-refractivity contribution in [2.24, 2.45) is 15.3 Å². The molecule has 3 rings (SSSR count). The third-order valence-electron chi connectivity index (χ3n) is 4.40. The highest BCUT2D eigenvalue weighted by atomic mass is 79.9. The van der Waals surface area contributed by atoms with Crippen LogP contribution >= 0.6 is 15.9 Å². The molecule has 0 saturated heterocycles. The predicted molar refractivity (Wildman–Crippen MR) is 127 cm³/mol. The number of carbonyl (C=O) groups excluding carboxylic acids is 1. The average molecular weight is 480 g/mol. The summed E-state index contributed by atoms with van der Waals surface area (Å²) in [6, 6.07) is 18.1. The van der Waals surface area contributed by atoms with E-state index in [0.29, 0.717) is 16.9 Å². The molecule has 3 N–H and O–H groups in total. The highest BCUT2D eigenvalue weighted by molar-refractivity contribution is 9.10. The van der Waals surface area contributed by atoms with Crippen LogP contribution in [0, 0.1) is 13.8 Å². The fourth-order valence-electron chi connectivity index (χ4n) is 2.84. The first-order valence-electron chi connectivity index (χ1n) is 9.54. The van der Waals surface area contributed by atoms with Crippen molar-refractivity contribution in [2.45, 2.75) is 13.8 Å². The Hall–Kier alpha value is -3.52. The van der Waals surface area contributed by atoms with Crippen molar-refractivity contribution in [3.8, 4) is 5.75 Å². The van der Waals surface area contributed by atoms with Gasteiger partial charge in [0.15, 0.2) is 0 Å². The minimum absolute atomic E-state index is 0.0214. The zero-order chi connectivity index (χ0) is 22.2. The van der Waals surface area contributed by atoms with Crippen molar-refractivity contribution in [2.75, 3.05) is 11.9 Å². The van der Waals surface area contributed by atoms with Crippen molar-refractivity contribution in [1.29, 1.82) is 0 Å². The summed E-state index contributed by atoms with van der Waals surface area (Å²) in [5, 5.41) is 25.4. The summed E-state index contributed by atoms with van der Waals surface area (Å²) in [6.45, 7) is 4.04. The van der Waals surface area contributed by atoms with Gasteiger partial charge in [0.2, 0.25) is 0 Å². The molecule has 8 heteroatoms. The Morgan fingerprint density at radius 1 is 1.00 bits per heavy atom. The van der Waals surface area contributed by atoms with Crippen LogP contribution in [0.5, 0.6) is 5.75 Å². The number of rotatable bonds is 7. The SMILES string of the molecule is Cc1cccc(C)c1NCC(=O)N/N=C/c1cc(N=Nc2cccc(Br)c2)ccc1O. The highest BCUT2D eigenvalue weighted by Gasteiger charge is 2.05. The number of halogens is 1. The summed E-state index contributed by atoms with van der Waals surface area (Å²) in [5.41, 5.74) is 7.16. The number of aromatic hydroxyl groups is 1. The summed E-state index contributed by atoms with van der Waals surface area (Å²) in [6.07, 6.45) is 1.37. The molecule has 158 valence electrons. The number of phenols is 1. The molecule has 3 aromatic rings. The number of anilines is 1. The number of hydrogen-bond acceptors (Lipinski definition) is 6. The van der Waals surface area contributed by atoms with E-state index in [9.17, 15) is 9.90 Å². The second-order valence-electron chi connectivity index (χ2n) is 6.84. The van der Waals surface area contributed by atoms with Gasteiger partial charge >= 0.3 is 0 Å². The van der Waals surface area contributed by atoms with Gasteiger partial charge in [0.05, 0.1) is 24.1 Å². The van der Waals surface area contributed by atoms with Crippen LogP contribution in [0.4, 0.5) is 17.1 Å². The van der Waals surface area contributed by atoms with Gasteiger partial charge in [0.1, 0.15) is 5.75 Å². The van der Waals surface area contributed by atoms with E-state index < -0.39 is 0 Å². The van der Waals surface area contributed by atoms with Gasteiger partial charge in [-0.2, -0.15) is 15.3 Å². The maximum absolute atomic E-state index is 12.1. The monoisotopic (exact) mass is 479 g/mol. The number of carbonyl (C=O) groups is 1. The molecule has 0 bridgehead atoms. The van der Waals surface area contributed by atoms with Crippen molar-refractivity contribution in [3.05, 3.63) is 81.8 Å². The molecule has 0 saturated carbocycles. The summed E-state index contributed by atoms with van der Waals surface area (Å²) < 4.78 is 0.908. The van der Waals surface area contributed by atoms with Crippen LogP contribution in [0.3, 0.4) is 0 Å². The molecule has 0 aromatic heterocycles. The van der Waals surface area contributed by atoms with E-state index >= 15 is 0 Å². The van der Waals surface area contributed by atoms with Crippen molar-refractivity contribution in [3.63, 3.8) is 0 Å². The Morgan fingerprint density at radius 3 is 2.39 bits per heavy atom. The molecule has 1 amide bonds. The Kier molecular flexibility index (Phi) is 7.50. The number of nitrogens with one attached hydrogen (secondary N) is 2. The number of amides is 1. The number of phenolic OH excluding ortho intramolecular Hbond substituents is 1. The van der Waals surface area contributed by atoms with Crippen LogP contribution in [-0.2, 0) is 4.79 Å². The van der Waals surface area contributed by atoms with Crippen LogP contribution in [0.25, 0.3) is 0 Å². The lowest BCUT2D eigenvalue weighted by Crippen LogP contribution is -2.26. The lowest BCUT2D eigenvalue weighted by atomic mass is 10.1. The molecular formula is C23H22BrN5O2. The summed E-state index contributed by atoms with van der Waals surface area (Å²) in [5.74, 6) is -0.281. The normalized spacial score (nSPS) is 11.2. The van der Waals surface area contributed by atoms with Gasteiger partial charge in [-0.05, 0) is 61.4 Å². The van der Waals surface area contributed by atoms with Gasteiger partial charge in [0, 0.05) is 15.7 Å². The third-order valence-corrected chi connectivity index (χ3v) is 4.89. The molecule has 0 aliphatic carbocycles. The van der Waals surface area contributed by atoms with Crippen LogP contribution in [-0.4, -0.2) is 23.8 Å². The Labute approximate surface area is 189 Å². The van der Waals surface area contributed by atoms with Gasteiger partial charge in [-0.3, -0.25) is 4.79 Å². The quantitative estimate of drug-likeness (QED) is 0.228.